The molecule has 3 fully saturated rings. The molecule has 0 aromatic carbocycles. The Labute approximate surface area is 219 Å². The molecule has 0 saturated carbocycles. The standard InChI is InChI=1S/C21H33O18/c22-2-6-11(27)13(29)15(31)18(38-6)20(34)5-37-8(4-36-10(26)1-9(24)25)17(33)21(20,35)19-16(32)14(30)12(28)7(3-23)39-19/h6-7,11-19,22-23,27-35H,1-5H2,(H,24,25)/t6-,7+,11-,12+,13+,14-,15-,16+,17+,18?,19?,20+,21+/m0/s1. The average Bonchev–Trinajstić information content (AvgIpc) is 2.88. The summed E-state index contributed by atoms with van der Waals surface area (Å²) in [6.45, 7) is -4.13. The zero-order valence-corrected chi connectivity index (χ0v) is 20.2. The Kier molecular flexibility index (Phi) is 9.89. The normalized spacial score (nSPS) is 47.5. The highest BCUT2D eigenvalue weighted by Crippen LogP contribution is 2.48. The van der Waals surface area contributed by atoms with Crippen LogP contribution >= 0.6 is 0 Å². The second-order valence-electron chi connectivity index (χ2n) is 9.64. The maximum absolute atomic E-state index is 11.9. The van der Waals surface area contributed by atoms with Gasteiger partial charge in [-0.3, -0.25) is 9.59 Å². The topological polar surface area (TPSA) is 314 Å². The van der Waals surface area contributed by atoms with E-state index in [-0.39, 0.29) is 0 Å². The third-order valence-corrected chi connectivity index (χ3v) is 7.25. The Morgan fingerprint density at radius 1 is 0.795 bits per heavy atom. The predicted molar refractivity (Wildman–Crippen MR) is 116 cm³/mol. The SMILES string of the molecule is O=C(O)CC(=O)OC[C]1OC[C@@](O)(C2O[C@@H](CO)[C@H](O)[C@@H](O)[C@@H]2O)[C@](O)(C2O[C@H](CO)[C@@H](O)[C@H](O)[C@H]2O)[C@@H]1O. The van der Waals surface area contributed by atoms with Crippen molar-refractivity contribution in [1.29, 1.82) is 0 Å². The van der Waals surface area contributed by atoms with Crippen molar-refractivity contribution in [3.8, 4) is 0 Å². The molecular weight excluding hydrogens is 540 g/mol. The number of ether oxygens (including phenoxy) is 4. The fourth-order valence-electron chi connectivity index (χ4n) is 5.00. The van der Waals surface area contributed by atoms with Gasteiger partial charge in [-0.25, -0.2) is 0 Å². The number of carbonyl (C=O) groups excluding carboxylic acids is 1. The monoisotopic (exact) mass is 573 g/mol. The Balaban J connectivity index is 2.05. The molecule has 0 aliphatic carbocycles. The number of carboxylic acid groups (broad SMARTS) is 1. The van der Waals surface area contributed by atoms with Crippen LogP contribution in [0.4, 0.5) is 0 Å². The lowest BCUT2D eigenvalue weighted by atomic mass is 9.64. The number of hydrogen-bond donors (Lipinski definition) is 12. The molecule has 225 valence electrons. The number of rotatable bonds is 8. The summed E-state index contributed by atoms with van der Waals surface area (Å²) in [6.07, 6.45) is -24.9. The van der Waals surface area contributed by atoms with Gasteiger partial charge in [0.2, 0.25) is 0 Å². The van der Waals surface area contributed by atoms with Gasteiger partial charge in [-0.05, 0) is 0 Å². The number of aliphatic hydroxyl groups excluding tert-OH is 9. The molecule has 0 aromatic rings. The van der Waals surface area contributed by atoms with Crippen LogP contribution in [0.25, 0.3) is 0 Å². The maximum Gasteiger partial charge on any atom is 0.317 e. The number of carboxylic acids is 1. The molecule has 0 spiro atoms. The minimum Gasteiger partial charge on any atom is -0.481 e. The van der Waals surface area contributed by atoms with Crippen molar-refractivity contribution in [1.82, 2.24) is 0 Å². The van der Waals surface area contributed by atoms with Gasteiger partial charge in [0.1, 0.15) is 80.2 Å². The number of hydrogen-bond acceptors (Lipinski definition) is 17. The first-order chi connectivity index (χ1) is 18.1. The predicted octanol–water partition coefficient (Wildman–Crippen LogP) is -7.93. The van der Waals surface area contributed by atoms with Crippen LogP contribution in [0, 0.1) is 6.10 Å². The van der Waals surface area contributed by atoms with Crippen molar-refractivity contribution >= 4 is 11.9 Å². The van der Waals surface area contributed by atoms with E-state index in [0.29, 0.717) is 0 Å². The molecule has 39 heavy (non-hydrogen) atoms. The van der Waals surface area contributed by atoms with Gasteiger partial charge in [0.15, 0.2) is 17.3 Å². The molecular formula is C21H33O18. The second-order valence-corrected chi connectivity index (χ2v) is 9.64. The number of aliphatic carboxylic acids is 1. The molecule has 3 heterocycles. The second kappa shape index (κ2) is 12.1. The Morgan fingerprint density at radius 2 is 1.28 bits per heavy atom. The minimum absolute atomic E-state index is 0.734. The summed E-state index contributed by atoms with van der Waals surface area (Å²) in [5.41, 5.74) is -6.48. The lowest BCUT2D eigenvalue weighted by Gasteiger charge is -2.60. The van der Waals surface area contributed by atoms with Gasteiger partial charge in [-0.1, -0.05) is 0 Å². The molecule has 3 saturated heterocycles. The molecule has 0 amide bonds. The number of esters is 1. The fourth-order valence-corrected chi connectivity index (χ4v) is 5.00. The Bertz CT molecular complexity index is 870. The van der Waals surface area contributed by atoms with E-state index in [4.69, 9.17) is 24.1 Å². The van der Waals surface area contributed by atoms with E-state index < -0.39 is 129 Å². The molecule has 0 aromatic heterocycles. The van der Waals surface area contributed by atoms with Crippen LogP contribution in [0.2, 0.25) is 0 Å². The van der Waals surface area contributed by atoms with Gasteiger partial charge in [0.25, 0.3) is 0 Å². The van der Waals surface area contributed by atoms with Crippen LogP contribution in [0.15, 0.2) is 0 Å². The van der Waals surface area contributed by atoms with E-state index in [9.17, 15) is 65.8 Å². The zero-order valence-electron chi connectivity index (χ0n) is 20.2. The first kappa shape index (κ1) is 31.9. The van der Waals surface area contributed by atoms with Gasteiger partial charge in [0.05, 0.1) is 19.8 Å². The highest BCUT2D eigenvalue weighted by atomic mass is 16.6. The molecule has 2 unspecified atom stereocenters. The van der Waals surface area contributed by atoms with Crippen molar-refractivity contribution in [2.24, 2.45) is 0 Å². The van der Waals surface area contributed by atoms with Gasteiger partial charge < -0.3 is 80.2 Å². The Morgan fingerprint density at radius 3 is 1.77 bits per heavy atom. The van der Waals surface area contributed by atoms with E-state index in [2.05, 4.69) is 0 Å². The third kappa shape index (κ3) is 5.51. The van der Waals surface area contributed by atoms with Crippen molar-refractivity contribution in [3.63, 3.8) is 0 Å². The smallest absolute Gasteiger partial charge is 0.317 e. The quantitative estimate of drug-likeness (QED) is 0.0947. The number of aliphatic hydroxyl groups is 11. The van der Waals surface area contributed by atoms with Crippen LogP contribution in [0.5, 0.6) is 0 Å². The number of carbonyl (C=O) groups is 2. The highest BCUT2D eigenvalue weighted by molar-refractivity contribution is 5.90. The molecule has 3 aliphatic rings. The van der Waals surface area contributed by atoms with Crippen LogP contribution in [0.1, 0.15) is 6.42 Å². The minimum atomic E-state index is -3.35. The van der Waals surface area contributed by atoms with Crippen molar-refractivity contribution < 1.29 is 89.8 Å². The molecule has 18 heteroatoms. The first-order valence-corrected chi connectivity index (χ1v) is 11.7. The molecule has 13 atom stereocenters. The third-order valence-electron chi connectivity index (χ3n) is 7.25. The van der Waals surface area contributed by atoms with Crippen molar-refractivity contribution in [2.75, 3.05) is 26.4 Å². The van der Waals surface area contributed by atoms with Gasteiger partial charge in [-0.2, -0.15) is 0 Å². The van der Waals surface area contributed by atoms with E-state index in [1.54, 1.807) is 0 Å². The van der Waals surface area contributed by atoms with Crippen molar-refractivity contribution in [3.05, 3.63) is 6.10 Å². The van der Waals surface area contributed by atoms with Crippen molar-refractivity contribution in [2.45, 2.75) is 84.8 Å². The highest BCUT2D eigenvalue weighted by Gasteiger charge is 2.73. The lowest BCUT2D eigenvalue weighted by Crippen LogP contribution is -2.84. The Hall–Kier alpha value is -1.62. The van der Waals surface area contributed by atoms with Crippen LogP contribution in [-0.4, -0.2) is 178 Å². The van der Waals surface area contributed by atoms with Crippen LogP contribution < -0.4 is 0 Å². The summed E-state index contributed by atoms with van der Waals surface area (Å²) < 4.78 is 20.7. The summed E-state index contributed by atoms with van der Waals surface area (Å²) >= 11 is 0. The van der Waals surface area contributed by atoms with E-state index in [0.717, 1.165) is 0 Å². The zero-order chi connectivity index (χ0) is 29.4. The summed E-state index contributed by atoms with van der Waals surface area (Å²) in [5.74, 6) is -2.85. The van der Waals surface area contributed by atoms with E-state index in [1.165, 1.54) is 0 Å². The fraction of sp³-hybridized carbons (Fsp3) is 0.857. The molecule has 0 bridgehead atoms. The summed E-state index contributed by atoms with van der Waals surface area (Å²) in [5, 5.41) is 125. The summed E-state index contributed by atoms with van der Waals surface area (Å²) in [4.78, 5) is 22.4. The summed E-state index contributed by atoms with van der Waals surface area (Å²) in [7, 11) is 0. The molecule has 1 radical (unpaired) electrons. The lowest BCUT2D eigenvalue weighted by molar-refractivity contribution is -0.380. The maximum atomic E-state index is 11.9. The van der Waals surface area contributed by atoms with Gasteiger partial charge in [0, 0.05) is 0 Å². The van der Waals surface area contributed by atoms with E-state index >= 15 is 0 Å². The molecule has 12 N–H and O–H groups in total. The molecule has 3 aliphatic heterocycles. The van der Waals surface area contributed by atoms with Gasteiger partial charge >= 0.3 is 11.9 Å². The largest absolute Gasteiger partial charge is 0.481 e. The average molecular weight is 573 g/mol. The molecule has 3 rings (SSSR count). The van der Waals surface area contributed by atoms with E-state index in [1.807, 2.05) is 0 Å². The van der Waals surface area contributed by atoms with Crippen LogP contribution in [0.3, 0.4) is 0 Å². The van der Waals surface area contributed by atoms with Crippen LogP contribution in [-0.2, 0) is 28.5 Å². The van der Waals surface area contributed by atoms with Gasteiger partial charge in [-0.15, -0.1) is 0 Å². The molecule has 18 nitrogen and oxygen atoms in total. The summed E-state index contributed by atoms with van der Waals surface area (Å²) in [6, 6.07) is 0. The first-order valence-electron chi connectivity index (χ1n) is 11.7.